The molecule has 0 spiro atoms. The van der Waals surface area contributed by atoms with Gasteiger partial charge in [0.05, 0.1) is 11.9 Å². The highest BCUT2D eigenvalue weighted by Gasteiger charge is 2.26. The summed E-state index contributed by atoms with van der Waals surface area (Å²) in [7, 11) is 0. The van der Waals surface area contributed by atoms with Crippen molar-refractivity contribution in [2.75, 3.05) is 45.8 Å². The lowest BCUT2D eigenvalue weighted by atomic mass is 10.2. The predicted octanol–water partition coefficient (Wildman–Crippen LogP) is 1.95. The molecule has 0 radical (unpaired) electrons. The molecule has 0 aliphatic carbocycles. The number of hydrogen-bond donors (Lipinski definition) is 0. The van der Waals surface area contributed by atoms with Crippen LogP contribution in [-0.2, 0) is 4.79 Å². The molecule has 2 saturated heterocycles. The molecule has 0 atom stereocenters. The number of carbonyl (C=O) groups excluding carboxylic acids is 2. The normalized spacial score (nSPS) is 18.6. The lowest BCUT2D eigenvalue weighted by Crippen LogP contribution is -2.51. The van der Waals surface area contributed by atoms with Crippen molar-refractivity contribution >= 4 is 22.8 Å². The Morgan fingerprint density at radius 1 is 0.862 bits per heavy atom. The minimum atomic E-state index is -0.272. The first-order valence-electron chi connectivity index (χ1n) is 10.4. The molecule has 7 heteroatoms. The van der Waals surface area contributed by atoms with Crippen LogP contribution >= 0.6 is 0 Å². The maximum atomic E-state index is 12.8. The summed E-state index contributed by atoms with van der Waals surface area (Å²) in [6.07, 6.45) is 4.58. The first-order chi connectivity index (χ1) is 14.1. The molecule has 0 saturated carbocycles. The van der Waals surface area contributed by atoms with E-state index in [1.54, 1.807) is 29.2 Å². The van der Waals surface area contributed by atoms with E-state index < -0.39 is 0 Å². The molecular formula is C22H27N3O4. The Labute approximate surface area is 169 Å². The Bertz CT molecular complexity index is 938. The van der Waals surface area contributed by atoms with Crippen LogP contribution in [0.4, 0.5) is 0 Å². The van der Waals surface area contributed by atoms with Crippen LogP contribution in [0, 0.1) is 0 Å². The number of rotatable bonds is 3. The van der Waals surface area contributed by atoms with Crippen molar-refractivity contribution in [3.05, 3.63) is 46.3 Å². The molecule has 3 heterocycles. The van der Waals surface area contributed by atoms with E-state index >= 15 is 0 Å². The molecule has 2 fully saturated rings. The third kappa shape index (κ3) is 4.50. The van der Waals surface area contributed by atoms with Crippen LogP contribution in [0.25, 0.3) is 11.0 Å². The second-order valence-corrected chi connectivity index (χ2v) is 7.83. The molecule has 154 valence electrons. The summed E-state index contributed by atoms with van der Waals surface area (Å²) in [6.45, 7) is 4.45. The van der Waals surface area contributed by atoms with Gasteiger partial charge < -0.3 is 14.2 Å². The van der Waals surface area contributed by atoms with E-state index in [9.17, 15) is 14.4 Å². The minimum Gasteiger partial charge on any atom is -0.451 e. The third-order valence-electron chi connectivity index (χ3n) is 5.82. The molecule has 1 aromatic heterocycles. The molecular weight excluding hydrogens is 370 g/mol. The van der Waals surface area contributed by atoms with Crippen molar-refractivity contribution in [2.24, 2.45) is 0 Å². The monoisotopic (exact) mass is 397 g/mol. The fourth-order valence-electron chi connectivity index (χ4n) is 4.09. The lowest BCUT2D eigenvalue weighted by Gasteiger charge is -2.35. The van der Waals surface area contributed by atoms with Crippen molar-refractivity contribution in [1.29, 1.82) is 0 Å². The van der Waals surface area contributed by atoms with Crippen molar-refractivity contribution < 1.29 is 14.0 Å². The SMILES string of the molecule is O=C(CN1CCN(C(=O)c2cc(=O)c3ccccc3o2)CC1)N1CCCCCC1. The molecule has 7 nitrogen and oxygen atoms in total. The van der Waals surface area contributed by atoms with Crippen molar-refractivity contribution in [3.63, 3.8) is 0 Å². The van der Waals surface area contributed by atoms with E-state index in [-0.39, 0.29) is 23.0 Å². The zero-order valence-electron chi connectivity index (χ0n) is 16.6. The number of para-hydroxylation sites is 1. The van der Waals surface area contributed by atoms with Crippen LogP contribution < -0.4 is 5.43 Å². The first kappa shape index (κ1) is 19.6. The summed E-state index contributed by atoms with van der Waals surface area (Å²) in [4.78, 5) is 43.4. The molecule has 2 aromatic rings. The Hall–Kier alpha value is -2.67. The zero-order chi connectivity index (χ0) is 20.2. The van der Waals surface area contributed by atoms with Crippen molar-refractivity contribution in [1.82, 2.24) is 14.7 Å². The Morgan fingerprint density at radius 3 is 2.28 bits per heavy atom. The van der Waals surface area contributed by atoms with E-state index in [1.165, 1.54) is 18.9 Å². The van der Waals surface area contributed by atoms with Crippen LogP contribution in [-0.4, -0.2) is 72.3 Å². The van der Waals surface area contributed by atoms with E-state index in [1.807, 2.05) is 4.90 Å². The number of piperazine rings is 1. The quantitative estimate of drug-likeness (QED) is 0.792. The maximum Gasteiger partial charge on any atom is 0.289 e. The van der Waals surface area contributed by atoms with E-state index in [4.69, 9.17) is 4.42 Å². The second kappa shape index (κ2) is 8.78. The molecule has 4 rings (SSSR count). The predicted molar refractivity (Wildman–Crippen MR) is 110 cm³/mol. The Balaban J connectivity index is 1.35. The minimum absolute atomic E-state index is 0.0720. The van der Waals surface area contributed by atoms with Crippen molar-refractivity contribution in [2.45, 2.75) is 25.7 Å². The van der Waals surface area contributed by atoms with Gasteiger partial charge in [0.1, 0.15) is 5.58 Å². The number of fused-ring (bicyclic) bond motifs is 1. The highest BCUT2D eigenvalue weighted by Crippen LogP contribution is 2.15. The summed E-state index contributed by atoms with van der Waals surface area (Å²) < 4.78 is 5.67. The van der Waals surface area contributed by atoms with Gasteiger partial charge in [0, 0.05) is 45.3 Å². The smallest absolute Gasteiger partial charge is 0.289 e. The summed E-state index contributed by atoms with van der Waals surface area (Å²) in [5, 5.41) is 0.473. The molecule has 2 aliphatic rings. The van der Waals surface area contributed by atoms with Gasteiger partial charge in [0.2, 0.25) is 5.91 Å². The third-order valence-corrected chi connectivity index (χ3v) is 5.82. The summed E-state index contributed by atoms with van der Waals surface area (Å²) in [5.41, 5.74) is 0.210. The fraction of sp³-hybridized carbons (Fsp3) is 0.500. The van der Waals surface area contributed by atoms with E-state index in [0.717, 1.165) is 25.9 Å². The lowest BCUT2D eigenvalue weighted by molar-refractivity contribution is -0.132. The number of hydrogen-bond acceptors (Lipinski definition) is 5. The highest BCUT2D eigenvalue weighted by atomic mass is 16.3. The van der Waals surface area contributed by atoms with E-state index in [0.29, 0.717) is 43.7 Å². The van der Waals surface area contributed by atoms with Gasteiger partial charge in [0.15, 0.2) is 11.2 Å². The van der Waals surface area contributed by atoms with Gasteiger partial charge >= 0.3 is 0 Å². The fourth-order valence-corrected chi connectivity index (χ4v) is 4.09. The van der Waals surface area contributed by atoms with Gasteiger partial charge in [-0.25, -0.2) is 0 Å². The van der Waals surface area contributed by atoms with E-state index in [2.05, 4.69) is 4.90 Å². The van der Waals surface area contributed by atoms with Gasteiger partial charge in [-0.15, -0.1) is 0 Å². The average molecular weight is 397 g/mol. The Kier molecular flexibility index (Phi) is 5.94. The van der Waals surface area contributed by atoms with Crippen LogP contribution in [0.3, 0.4) is 0 Å². The average Bonchev–Trinajstić information content (AvgIpc) is 3.03. The molecule has 0 N–H and O–H groups in total. The van der Waals surface area contributed by atoms with Gasteiger partial charge in [-0.2, -0.15) is 0 Å². The molecule has 2 aliphatic heterocycles. The Morgan fingerprint density at radius 2 is 1.55 bits per heavy atom. The van der Waals surface area contributed by atoms with Gasteiger partial charge in [-0.1, -0.05) is 25.0 Å². The number of nitrogens with zero attached hydrogens (tertiary/aromatic N) is 3. The molecule has 29 heavy (non-hydrogen) atoms. The largest absolute Gasteiger partial charge is 0.451 e. The molecule has 1 aromatic carbocycles. The van der Waals surface area contributed by atoms with Gasteiger partial charge in [-0.3, -0.25) is 19.3 Å². The standard InChI is InChI=1S/C22H27N3O4/c26-18-15-20(29-19-8-4-3-7-17(18)19)22(28)25-13-11-23(12-14-25)16-21(27)24-9-5-1-2-6-10-24/h3-4,7-8,15H,1-2,5-6,9-14,16H2. The number of carbonyl (C=O) groups is 2. The topological polar surface area (TPSA) is 74.1 Å². The number of amides is 2. The second-order valence-electron chi connectivity index (χ2n) is 7.83. The van der Waals surface area contributed by atoms with Crippen LogP contribution in [0.1, 0.15) is 36.2 Å². The number of likely N-dealkylation sites (tertiary alicyclic amines) is 1. The number of benzene rings is 1. The van der Waals surface area contributed by atoms with Gasteiger partial charge in [0.25, 0.3) is 5.91 Å². The summed E-state index contributed by atoms with van der Waals surface area (Å²) in [5.74, 6) is -0.0126. The van der Waals surface area contributed by atoms with Crippen molar-refractivity contribution in [3.8, 4) is 0 Å². The van der Waals surface area contributed by atoms with Crippen LogP contribution in [0.5, 0.6) is 0 Å². The van der Waals surface area contributed by atoms with Crippen LogP contribution in [0.15, 0.2) is 39.5 Å². The molecule has 2 amide bonds. The molecule has 0 unspecified atom stereocenters. The first-order valence-corrected chi connectivity index (χ1v) is 10.4. The van der Waals surface area contributed by atoms with Crippen LogP contribution in [0.2, 0.25) is 0 Å². The summed E-state index contributed by atoms with van der Waals surface area (Å²) in [6, 6.07) is 8.21. The zero-order valence-corrected chi connectivity index (χ0v) is 16.6. The maximum absolute atomic E-state index is 12.8. The highest BCUT2D eigenvalue weighted by molar-refractivity contribution is 5.93. The van der Waals surface area contributed by atoms with Gasteiger partial charge in [-0.05, 0) is 25.0 Å². The summed E-state index contributed by atoms with van der Waals surface area (Å²) >= 11 is 0. The molecule has 0 bridgehead atoms.